The minimum atomic E-state index is -1.72. The average Bonchev–Trinajstić information content (AvgIpc) is 1.49. The van der Waals surface area contributed by atoms with Gasteiger partial charge in [0.05, 0.1) is 76.9 Å². The highest BCUT2D eigenvalue weighted by molar-refractivity contribution is 7.54. The first-order chi connectivity index (χ1) is 44.5. The Bertz CT molecular complexity index is 4350. The molecule has 484 valence electrons. The SMILES string of the molecule is CCOC(=O)c1c(=O)c2cc(F)c(N3CCC(c4cnccn4)C3)cc2n2c1sc1ccccc12.CN1CCCC1CCN.CN1CCCC1CCNC(=O)c1c(=O)c2cc(F)c(N3CCC(c4cnccn4)C3)cc2n2c1sc1ccccc12.ClCCl.[Cl][Al]([Cl])[Cl]. The van der Waals surface area contributed by atoms with Crippen LogP contribution in [0.25, 0.3) is 51.9 Å². The summed E-state index contributed by atoms with van der Waals surface area (Å²) in [6, 6.07) is 22.8. The van der Waals surface area contributed by atoms with Gasteiger partial charge < -0.3 is 35.4 Å². The molecule has 27 heteroatoms. The summed E-state index contributed by atoms with van der Waals surface area (Å²) in [7, 11) is 19.1. The zero-order valence-electron chi connectivity index (χ0n) is 51.1. The van der Waals surface area contributed by atoms with Gasteiger partial charge in [-0.15, -0.1) is 45.9 Å². The van der Waals surface area contributed by atoms with Crippen molar-refractivity contribution in [3.05, 3.63) is 165 Å². The summed E-state index contributed by atoms with van der Waals surface area (Å²) in [4.78, 5) is 80.7. The van der Waals surface area contributed by atoms with E-state index in [4.69, 9.17) is 63.8 Å². The van der Waals surface area contributed by atoms with Crippen molar-refractivity contribution in [1.82, 2.24) is 43.9 Å². The minimum Gasteiger partial charge on any atom is -0.462 e. The molecule has 4 aliphatic heterocycles. The summed E-state index contributed by atoms with van der Waals surface area (Å²) in [5.41, 5.74) is 10.1. The van der Waals surface area contributed by atoms with Gasteiger partial charge in [-0.2, -0.15) is 0 Å². The van der Waals surface area contributed by atoms with E-state index in [1.54, 1.807) is 56.2 Å². The highest BCUT2D eigenvalue weighted by atomic mass is 35.8. The molecule has 4 aliphatic rings. The van der Waals surface area contributed by atoms with Crippen molar-refractivity contribution in [3.63, 3.8) is 0 Å². The molecule has 4 unspecified atom stereocenters. The van der Waals surface area contributed by atoms with E-state index >= 15 is 8.78 Å². The van der Waals surface area contributed by atoms with Crippen LogP contribution in [-0.2, 0) is 4.74 Å². The second kappa shape index (κ2) is 32.1. The highest BCUT2D eigenvalue weighted by Crippen LogP contribution is 2.39. The van der Waals surface area contributed by atoms with E-state index in [1.807, 2.05) is 67.1 Å². The van der Waals surface area contributed by atoms with E-state index in [0.29, 0.717) is 70.8 Å². The zero-order valence-corrected chi connectivity index (χ0v) is 57.6. The molecular weight excluding hydrogens is 1340 g/mol. The third-order valence-electron chi connectivity index (χ3n) is 17.4. The Hall–Kier alpha value is -5.84. The molecular formula is C65H70AlCl5F2N12O5S2. The topological polar surface area (TPSA) is 189 Å². The predicted molar refractivity (Wildman–Crippen MR) is 374 cm³/mol. The number of alkyl halides is 2. The maximum atomic E-state index is 15.7. The molecule has 10 aromatic rings. The number of fused-ring (bicyclic) bond motifs is 10. The normalized spacial score (nSPS) is 18.2. The Morgan fingerprint density at radius 1 is 0.663 bits per heavy atom. The van der Waals surface area contributed by atoms with E-state index < -0.39 is 45.8 Å². The van der Waals surface area contributed by atoms with Crippen LogP contribution in [0.3, 0.4) is 0 Å². The molecule has 10 heterocycles. The highest BCUT2D eigenvalue weighted by Gasteiger charge is 2.32. The van der Waals surface area contributed by atoms with E-state index in [-0.39, 0.29) is 45.7 Å². The van der Waals surface area contributed by atoms with Gasteiger partial charge in [0.2, 0.25) is 10.9 Å². The van der Waals surface area contributed by atoms with Gasteiger partial charge in [-0.1, -0.05) is 24.3 Å². The number of likely N-dealkylation sites (tertiary alicyclic amines) is 2. The monoisotopic (exact) mass is 1400 g/mol. The van der Waals surface area contributed by atoms with Crippen LogP contribution in [0.4, 0.5) is 20.2 Å². The number of carbonyl (C=O) groups is 2. The van der Waals surface area contributed by atoms with Crippen LogP contribution in [0.5, 0.6) is 0 Å². The van der Waals surface area contributed by atoms with Crippen LogP contribution >= 0.6 is 76.0 Å². The number of esters is 1. The lowest BCUT2D eigenvalue weighted by atomic mass is 10.1. The van der Waals surface area contributed by atoms with E-state index in [2.05, 4.69) is 49.1 Å². The van der Waals surface area contributed by atoms with Gasteiger partial charge in [-0.05, 0) is 141 Å². The number of nitrogens with zero attached hydrogens (tertiary/aromatic N) is 10. The zero-order chi connectivity index (χ0) is 65.2. The lowest BCUT2D eigenvalue weighted by molar-refractivity contribution is 0.0527. The number of rotatable bonds is 12. The van der Waals surface area contributed by atoms with Crippen molar-refractivity contribution >= 4 is 163 Å². The molecule has 4 fully saturated rings. The van der Waals surface area contributed by atoms with Gasteiger partial charge in [-0.3, -0.25) is 43.1 Å². The number of benzene rings is 4. The van der Waals surface area contributed by atoms with Crippen molar-refractivity contribution in [2.75, 3.05) is 88.2 Å². The lowest BCUT2D eigenvalue weighted by Gasteiger charge is -2.21. The number of aromatic nitrogens is 6. The van der Waals surface area contributed by atoms with Gasteiger partial charge >= 0.3 is 17.4 Å². The van der Waals surface area contributed by atoms with Gasteiger partial charge in [0, 0.05) is 93.8 Å². The predicted octanol–water partition coefficient (Wildman–Crippen LogP) is 13.1. The van der Waals surface area contributed by atoms with Crippen LogP contribution in [0, 0.1) is 11.6 Å². The average molecular weight is 1410 g/mol. The fourth-order valence-corrected chi connectivity index (χ4v) is 15.3. The van der Waals surface area contributed by atoms with Crippen molar-refractivity contribution in [3.8, 4) is 0 Å². The first kappa shape index (κ1) is 69.0. The first-order valence-electron chi connectivity index (χ1n) is 30.6. The molecule has 0 radical (unpaired) electrons. The molecule has 4 aromatic carbocycles. The smallest absolute Gasteiger partial charge is 0.462 e. The summed E-state index contributed by atoms with van der Waals surface area (Å²) < 4.78 is 42.1. The third kappa shape index (κ3) is 15.4. The number of pyridine rings is 2. The quantitative estimate of drug-likeness (QED) is 0.0667. The number of nitrogens with two attached hydrogens (primary N) is 1. The summed E-state index contributed by atoms with van der Waals surface area (Å²) in [5.74, 6) is -1.77. The number of amides is 1. The largest absolute Gasteiger partial charge is 0.643 e. The summed E-state index contributed by atoms with van der Waals surface area (Å²) in [6.07, 6.45) is 18.8. The molecule has 4 atom stereocenters. The molecule has 17 nitrogen and oxygen atoms in total. The van der Waals surface area contributed by atoms with E-state index in [0.717, 1.165) is 83.1 Å². The molecule has 0 saturated carbocycles. The number of hydrogen-bond donors (Lipinski definition) is 2. The number of halogens is 7. The number of nitrogens with one attached hydrogen (secondary N) is 1. The number of para-hydroxylation sites is 2. The van der Waals surface area contributed by atoms with Gasteiger partial charge in [-0.25, -0.2) is 43.7 Å². The molecule has 4 saturated heterocycles. The van der Waals surface area contributed by atoms with E-state index in [9.17, 15) is 19.2 Å². The maximum Gasteiger partial charge on any atom is 0.643 e. The molecule has 14 rings (SSSR count). The maximum absolute atomic E-state index is 15.7. The van der Waals surface area contributed by atoms with Crippen LogP contribution in [0.2, 0.25) is 0 Å². The third-order valence-corrected chi connectivity index (χ3v) is 19.7. The Labute approximate surface area is 566 Å². The van der Waals surface area contributed by atoms with E-state index in [1.165, 1.54) is 60.6 Å². The van der Waals surface area contributed by atoms with Gasteiger partial charge in [0.25, 0.3) is 5.91 Å². The summed E-state index contributed by atoms with van der Waals surface area (Å²) >= 11 is 10.6. The molecule has 3 N–H and O–H groups in total. The minimum absolute atomic E-state index is 0.0587. The van der Waals surface area contributed by atoms with Crippen molar-refractivity contribution in [1.29, 1.82) is 0 Å². The van der Waals surface area contributed by atoms with Crippen molar-refractivity contribution in [2.45, 2.75) is 82.2 Å². The van der Waals surface area contributed by atoms with Gasteiger partial charge in [0.1, 0.15) is 32.4 Å². The number of carbonyl (C=O) groups excluding carboxylic acids is 2. The molecule has 0 bridgehead atoms. The van der Waals surface area contributed by atoms with Crippen molar-refractivity contribution in [2.24, 2.45) is 5.73 Å². The second-order valence-electron chi connectivity index (χ2n) is 22.8. The molecule has 6 aromatic heterocycles. The molecule has 92 heavy (non-hydrogen) atoms. The van der Waals surface area contributed by atoms with Crippen LogP contribution in [0.1, 0.15) is 102 Å². The van der Waals surface area contributed by atoms with Gasteiger partial charge in [0.15, 0.2) is 0 Å². The number of hydrogen-bond acceptors (Lipinski definition) is 16. The summed E-state index contributed by atoms with van der Waals surface area (Å²) in [5, 5.41) is 3.55. The second-order valence-corrected chi connectivity index (χ2v) is 32.1. The van der Waals surface area contributed by atoms with Crippen LogP contribution in [0.15, 0.2) is 120 Å². The Morgan fingerprint density at radius 2 is 1.12 bits per heavy atom. The fourth-order valence-electron chi connectivity index (χ4n) is 13.0. The lowest BCUT2D eigenvalue weighted by Crippen LogP contribution is -2.34. The fraction of sp³-hybridized carbons (Fsp3) is 0.385. The molecule has 0 spiro atoms. The van der Waals surface area contributed by atoms with Crippen LogP contribution in [-0.4, -0.2) is 152 Å². The standard InChI is InChI=1S/C31H31FN6O2S.C26H21FN4O3S.C7H16N2.CH2Cl2.Al.3ClH/c1-36-13-4-5-20(36)8-10-35-30(40)28-29(39)21-15-22(32)26(37-14-9-19(18-37)23-17-33-11-12-34-23)16-25(21)38-24-6-2-3-7-27(24)41-31(28)38;1-2-34-26(33)23-24(32)16-11-17(27)21(30-10-7-15(14-30)18-13-28-8-9-29-18)12-20(16)31-19-5-3-4-6-22(19)35-25(23)31;1-9-6-2-3-7(9)4-5-8;2-1-3;;;;/h2-3,6-7,11-12,15-17,19-20H,4-5,8-10,13-14,18H2,1H3,(H,35,40);3-6,8-9,11-13,15H,2,7,10,14H2,1H3;7H,2-6,8H2,1H3;1H2;;3*1H/q;;;;+3;;;/p-3. The molecule has 0 aliphatic carbocycles. The number of ether oxygens (including phenoxy) is 1. The summed E-state index contributed by atoms with van der Waals surface area (Å²) in [6.45, 7) is 8.04. The Kier molecular flexibility index (Phi) is 24.0. The Balaban J connectivity index is 0.000000164. The number of thiazole rings is 2. The number of anilines is 2. The first-order valence-corrected chi connectivity index (χ1v) is 38.5. The Morgan fingerprint density at radius 3 is 1.55 bits per heavy atom. The van der Waals surface area contributed by atoms with Crippen molar-refractivity contribution < 1.29 is 23.1 Å². The molecule has 1 amide bonds. The van der Waals surface area contributed by atoms with Crippen LogP contribution < -0.4 is 31.7 Å².